The van der Waals surface area contributed by atoms with E-state index in [9.17, 15) is 4.79 Å². The Balaban J connectivity index is 2.10. The molecule has 0 bridgehead atoms. The molecule has 1 atom stereocenters. The summed E-state index contributed by atoms with van der Waals surface area (Å²) in [5, 5.41) is 3.18. The Hall–Kier alpha value is -1.59. The molecule has 1 heterocycles. The lowest BCUT2D eigenvalue weighted by Crippen LogP contribution is -2.48. The first-order valence-corrected chi connectivity index (χ1v) is 9.62. The van der Waals surface area contributed by atoms with Gasteiger partial charge in [0.15, 0.2) is 0 Å². The lowest BCUT2D eigenvalue weighted by atomic mass is 9.92. The molecular weight excluding hydrogens is 324 g/mol. The van der Waals surface area contributed by atoms with Crippen molar-refractivity contribution in [2.75, 3.05) is 58.8 Å². The molecule has 0 spiro atoms. The van der Waals surface area contributed by atoms with E-state index in [1.54, 1.807) is 0 Å². The zero-order chi connectivity index (χ0) is 19.3. The van der Waals surface area contributed by atoms with Crippen molar-refractivity contribution in [3.8, 4) is 0 Å². The van der Waals surface area contributed by atoms with Crippen LogP contribution >= 0.6 is 0 Å². The van der Waals surface area contributed by atoms with Gasteiger partial charge in [0.25, 0.3) is 0 Å². The van der Waals surface area contributed by atoms with Gasteiger partial charge in [-0.15, -0.1) is 0 Å². The average Bonchev–Trinajstić information content (AvgIpc) is 2.55. The number of amides is 1. The summed E-state index contributed by atoms with van der Waals surface area (Å²) in [4.78, 5) is 19.3. The smallest absolute Gasteiger partial charge is 0.220 e. The standard InChI is InChI=1S/C21H36N4O/c1-21(2,3)15-20(26)22-16-19(25-13-11-24(6)12-14-25)17-7-9-18(10-8-17)23(4)5/h7-10,19H,11-16H2,1-6H3,(H,22,26)/t19-/m0/s1. The lowest BCUT2D eigenvalue weighted by molar-refractivity contribution is -0.123. The topological polar surface area (TPSA) is 38.8 Å². The van der Waals surface area contributed by atoms with E-state index in [2.05, 4.69) is 86.2 Å². The van der Waals surface area contributed by atoms with Crippen LogP contribution in [0, 0.1) is 5.41 Å². The summed E-state index contributed by atoms with van der Waals surface area (Å²) >= 11 is 0. The Morgan fingerprint density at radius 3 is 2.19 bits per heavy atom. The Kier molecular flexibility index (Phi) is 7.07. The van der Waals surface area contributed by atoms with Crippen molar-refractivity contribution >= 4 is 11.6 Å². The van der Waals surface area contributed by atoms with Crippen molar-refractivity contribution in [2.24, 2.45) is 5.41 Å². The first-order valence-electron chi connectivity index (χ1n) is 9.62. The van der Waals surface area contributed by atoms with E-state index in [1.807, 2.05) is 0 Å². The minimum atomic E-state index is 0.0147. The monoisotopic (exact) mass is 360 g/mol. The van der Waals surface area contributed by atoms with E-state index in [0.29, 0.717) is 13.0 Å². The summed E-state index contributed by atoms with van der Waals surface area (Å²) in [6.07, 6.45) is 0.558. The number of hydrogen-bond donors (Lipinski definition) is 1. The Labute approximate surface area is 159 Å². The quantitative estimate of drug-likeness (QED) is 0.846. The van der Waals surface area contributed by atoms with Crippen LogP contribution in [0.5, 0.6) is 0 Å². The van der Waals surface area contributed by atoms with Gasteiger partial charge >= 0.3 is 0 Å². The van der Waals surface area contributed by atoms with Gasteiger partial charge in [0.1, 0.15) is 0 Å². The molecule has 0 aliphatic carbocycles. The van der Waals surface area contributed by atoms with E-state index in [1.165, 1.54) is 11.3 Å². The molecule has 0 radical (unpaired) electrons. The van der Waals surface area contributed by atoms with Gasteiger partial charge in [-0.25, -0.2) is 0 Å². The minimum Gasteiger partial charge on any atom is -0.378 e. The number of anilines is 1. The molecule has 1 saturated heterocycles. The number of carbonyl (C=O) groups excluding carboxylic acids is 1. The van der Waals surface area contributed by atoms with Crippen LogP contribution in [-0.4, -0.2) is 69.6 Å². The molecule has 0 aromatic heterocycles. The molecule has 146 valence electrons. The van der Waals surface area contributed by atoms with E-state index < -0.39 is 0 Å². The second-order valence-electron chi connectivity index (χ2n) is 8.88. The van der Waals surface area contributed by atoms with Crippen LogP contribution in [0.1, 0.15) is 38.8 Å². The summed E-state index contributed by atoms with van der Waals surface area (Å²) in [6, 6.07) is 8.96. The highest BCUT2D eigenvalue weighted by Crippen LogP contribution is 2.24. The SMILES string of the molecule is CN1CCN([C@@H](CNC(=O)CC(C)(C)C)c2ccc(N(C)C)cc2)CC1. The number of likely N-dealkylation sites (N-methyl/N-ethyl adjacent to an activating group) is 1. The lowest BCUT2D eigenvalue weighted by Gasteiger charge is -2.38. The van der Waals surface area contributed by atoms with Crippen LogP contribution < -0.4 is 10.2 Å². The van der Waals surface area contributed by atoms with Crippen molar-refractivity contribution in [1.29, 1.82) is 0 Å². The average molecular weight is 361 g/mol. The first-order chi connectivity index (χ1) is 12.2. The van der Waals surface area contributed by atoms with Crippen molar-refractivity contribution in [3.05, 3.63) is 29.8 Å². The van der Waals surface area contributed by atoms with Gasteiger partial charge in [-0.3, -0.25) is 9.69 Å². The molecule has 26 heavy (non-hydrogen) atoms. The molecule has 1 fully saturated rings. The molecule has 1 aromatic carbocycles. The fourth-order valence-corrected chi connectivity index (χ4v) is 3.34. The molecule has 1 amide bonds. The highest BCUT2D eigenvalue weighted by atomic mass is 16.1. The molecule has 0 unspecified atom stereocenters. The van der Waals surface area contributed by atoms with Crippen LogP contribution in [0.15, 0.2) is 24.3 Å². The molecule has 1 aliphatic heterocycles. The third-order valence-electron chi connectivity index (χ3n) is 4.96. The van der Waals surface area contributed by atoms with Crippen LogP contribution in [0.4, 0.5) is 5.69 Å². The van der Waals surface area contributed by atoms with E-state index in [-0.39, 0.29) is 17.4 Å². The molecule has 0 saturated carbocycles. The summed E-state index contributed by atoms with van der Waals surface area (Å²) in [7, 11) is 6.28. The second kappa shape index (κ2) is 8.87. The molecule has 1 aliphatic rings. The van der Waals surface area contributed by atoms with E-state index >= 15 is 0 Å². The van der Waals surface area contributed by atoms with Gasteiger partial charge < -0.3 is 15.1 Å². The van der Waals surface area contributed by atoms with Crippen LogP contribution in [0.2, 0.25) is 0 Å². The number of nitrogens with zero attached hydrogens (tertiary/aromatic N) is 3. The number of hydrogen-bond acceptors (Lipinski definition) is 4. The third-order valence-corrected chi connectivity index (χ3v) is 4.96. The van der Waals surface area contributed by atoms with Crippen LogP contribution in [0.3, 0.4) is 0 Å². The first kappa shape index (κ1) is 20.7. The fraction of sp³-hybridized carbons (Fsp3) is 0.667. The van der Waals surface area contributed by atoms with Crippen molar-refractivity contribution in [3.63, 3.8) is 0 Å². The molecular formula is C21H36N4O. The Morgan fingerprint density at radius 1 is 1.12 bits per heavy atom. The minimum absolute atomic E-state index is 0.0147. The van der Waals surface area contributed by atoms with Gasteiger partial charge in [0.2, 0.25) is 5.91 Å². The maximum Gasteiger partial charge on any atom is 0.220 e. The molecule has 5 nitrogen and oxygen atoms in total. The maximum atomic E-state index is 12.3. The highest BCUT2D eigenvalue weighted by molar-refractivity contribution is 5.76. The van der Waals surface area contributed by atoms with Gasteiger partial charge in [0, 0.05) is 58.9 Å². The summed E-state index contributed by atoms with van der Waals surface area (Å²) in [6.45, 7) is 11.2. The van der Waals surface area contributed by atoms with Gasteiger partial charge in [0.05, 0.1) is 6.04 Å². The Morgan fingerprint density at radius 2 is 1.69 bits per heavy atom. The largest absolute Gasteiger partial charge is 0.378 e. The second-order valence-corrected chi connectivity index (χ2v) is 8.88. The number of nitrogens with one attached hydrogen (secondary N) is 1. The summed E-state index contributed by atoms with van der Waals surface area (Å²) in [5.74, 6) is 0.140. The highest BCUT2D eigenvalue weighted by Gasteiger charge is 2.25. The third kappa shape index (κ3) is 6.29. The predicted molar refractivity (Wildman–Crippen MR) is 110 cm³/mol. The number of carbonyl (C=O) groups is 1. The molecule has 1 aromatic rings. The van der Waals surface area contributed by atoms with Crippen molar-refractivity contribution in [1.82, 2.24) is 15.1 Å². The van der Waals surface area contributed by atoms with E-state index in [0.717, 1.165) is 26.2 Å². The van der Waals surface area contributed by atoms with Crippen LogP contribution in [-0.2, 0) is 4.79 Å². The van der Waals surface area contributed by atoms with Crippen molar-refractivity contribution < 1.29 is 4.79 Å². The Bertz CT molecular complexity index is 569. The maximum absolute atomic E-state index is 12.3. The molecule has 1 N–H and O–H groups in total. The van der Waals surface area contributed by atoms with Crippen molar-refractivity contribution in [2.45, 2.75) is 33.2 Å². The zero-order valence-corrected chi connectivity index (χ0v) is 17.4. The number of rotatable bonds is 6. The fourth-order valence-electron chi connectivity index (χ4n) is 3.34. The van der Waals surface area contributed by atoms with Crippen LogP contribution in [0.25, 0.3) is 0 Å². The summed E-state index contributed by atoms with van der Waals surface area (Å²) in [5.41, 5.74) is 2.49. The zero-order valence-electron chi connectivity index (χ0n) is 17.4. The normalized spacial score (nSPS) is 17.8. The molecule has 2 rings (SSSR count). The number of piperazine rings is 1. The predicted octanol–water partition coefficient (Wildman–Crippen LogP) is 2.59. The number of benzene rings is 1. The van der Waals surface area contributed by atoms with E-state index in [4.69, 9.17) is 0 Å². The summed E-state index contributed by atoms with van der Waals surface area (Å²) < 4.78 is 0. The molecule has 5 heteroatoms. The van der Waals surface area contributed by atoms with Gasteiger partial charge in [-0.2, -0.15) is 0 Å². The van der Waals surface area contributed by atoms with Gasteiger partial charge in [-0.1, -0.05) is 32.9 Å². The van der Waals surface area contributed by atoms with Gasteiger partial charge in [-0.05, 0) is 30.2 Å².